The smallest absolute Gasteiger partial charge is 0.321 e. The van der Waals surface area contributed by atoms with Crippen molar-refractivity contribution in [2.45, 2.75) is 31.9 Å². The molecule has 0 atom stereocenters. The third kappa shape index (κ3) is 3.28. The van der Waals surface area contributed by atoms with Crippen LogP contribution in [0.15, 0.2) is 34.0 Å². The van der Waals surface area contributed by atoms with E-state index < -0.39 is 22.0 Å². The largest absolute Gasteiger partial charge is 0.465 e. The van der Waals surface area contributed by atoms with Crippen molar-refractivity contribution in [3.63, 3.8) is 0 Å². The van der Waals surface area contributed by atoms with Crippen LogP contribution in [0.25, 0.3) is 11.0 Å². The van der Waals surface area contributed by atoms with Gasteiger partial charge in [0, 0.05) is 29.9 Å². The minimum atomic E-state index is -3.94. The predicted molar refractivity (Wildman–Crippen MR) is 79.7 cm³/mol. The highest BCUT2D eigenvalue weighted by Gasteiger charge is 2.32. The summed E-state index contributed by atoms with van der Waals surface area (Å²) in [7, 11) is -3.94. The van der Waals surface area contributed by atoms with Crippen molar-refractivity contribution in [1.82, 2.24) is 9.29 Å². The Kier molecular flexibility index (Phi) is 4.82. The van der Waals surface area contributed by atoms with Crippen LogP contribution in [0.4, 0.5) is 0 Å². The lowest BCUT2D eigenvalue weighted by Gasteiger charge is -2.23. The van der Waals surface area contributed by atoms with Crippen LogP contribution in [0, 0.1) is 0 Å². The minimum Gasteiger partial charge on any atom is -0.465 e. The van der Waals surface area contributed by atoms with Gasteiger partial charge in [-0.3, -0.25) is 9.78 Å². The topological polar surface area (TPSA) is 89.7 Å². The lowest BCUT2D eigenvalue weighted by molar-refractivity contribution is -0.143. The van der Waals surface area contributed by atoms with Crippen LogP contribution in [0.5, 0.6) is 0 Å². The Morgan fingerprint density at radius 2 is 2.18 bits per heavy atom. The van der Waals surface area contributed by atoms with Gasteiger partial charge in [0.25, 0.3) is 10.0 Å². The van der Waals surface area contributed by atoms with Gasteiger partial charge in [0.2, 0.25) is 5.09 Å². The number of hydrogen-bond donors (Lipinski definition) is 0. The number of sulfonamides is 1. The molecule has 120 valence electrons. The van der Waals surface area contributed by atoms with E-state index in [2.05, 4.69) is 4.98 Å². The summed E-state index contributed by atoms with van der Waals surface area (Å²) < 4.78 is 36.6. The lowest BCUT2D eigenvalue weighted by atomic mass is 10.3. The van der Waals surface area contributed by atoms with Gasteiger partial charge in [-0.25, -0.2) is 8.42 Å². The molecule has 0 aliphatic heterocycles. The number of furan rings is 1. The second-order valence-corrected chi connectivity index (χ2v) is 6.75. The van der Waals surface area contributed by atoms with Gasteiger partial charge in [-0.1, -0.05) is 0 Å². The van der Waals surface area contributed by atoms with Gasteiger partial charge in [0.05, 0.1) is 6.61 Å². The Balaban J connectivity index is 2.38. The number of hydrogen-bond acceptors (Lipinski definition) is 6. The van der Waals surface area contributed by atoms with Crippen molar-refractivity contribution in [3.05, 3.63) is 24.5 Å². The Morgan fingerprint density at radius 1 is 1.45 bits per heavy atom. The SMILES string of the molecule is CCOC(=O)CN(C(C)C)S(=O)(=O)c1cc2cnccc2o1. The number of carbonyl (C=O) groups excluding carboxylic acids is 1. The Morgan fingerprint density at radius 3 is 2.77 bits per heavy atom. The zero-order valence-electron chi connectivity index (χ0n) is 12.6. The van der Waals surface area contributed by atoms with Crippen LogP contribution in [0.2, 0.25) is 0 Å². The van der Waals surface area contributed by atoms with E-state index in [1.165, 1.54) is 18.5 Å². The maximum atomic E-state index is 12.7. The van der Waals surface area contributed by atoms with Gasteiger partial charge in [-0.2, -0.15) is 4.31 Å². The normalized spacial score (nSPS) is 12.2. The summed E-state index contributed by atoms with van der Waals surface area (Å²) in [5, 5.41) is 0.370. The Bertz CT molecular complexity index is 733. The van der Waals surface area contributed by atoms with Crippen molar-refractivity contribution < 1.29 is 22.4 Å². The fraction of sp³-hybridized carbons (Fsp3) is 0.429. The number of pyridine rings is 1. The maximum absolute atomic E-state index is 12.7. The van der Waals surface area contributed by atoms with Crippen molar-refractivity contribution >= 4 is 27.0 Å². The molecule has 0 spiro atoms. The molecule has 0 saturated heterocycles. The molecule has 2 aromatic heterocycles. The van der Waals surface area contributed by atoms with E-state index in [-0.39, 0.29) is 18.2 Å². The van der Waals surface area contributed by atoms with E-state index in [1.807, 2.05) is 0 Å². The number of fused-ring (bicyclic) bond motifs is 1. The second-order valence-electron chi connectivity index (χ2n) is 4.93. The van der Waals surface area contributed by atoms with E-state index >= 15 is 0 Å². The van der Waals surface area contributed by atoms with Crippen LogP contribution < -0.4 is 0 Å². The highest BCUT2D eigenvalue weighted by Crippen LogP contribution is 2.25. The average molecular weight is 326 g/mol. The molecule has 8 heteroatoms. The monoisotopic (exact) mass is 326 g/mol. The van der Waals surface area contributed by atoms with Crippen LogP contribution in [-0.2, 0) is 19.6 Å². The first kappa shape index (κ1) is 16.4. The summed E-state index contributed by atoms with van der Waals surface area (Å²) in [6.45, 7) is 4.87. The van der Waals surface area contributed by atoms with Crippen LogP contribution in [0.1, 0.15) is 20.8 Å². The van der Waals surface area contributed by atoms with E-state index in [0.717, 1.165) is 4.31 Å². The van der Waals surface area contributed by atoms with Crippen molar-refractivity contribution in [3.8, 4) is 0 Å². The molecule has 0 aliphatic rings. The summed E-state index contributed by atoms with van der Waals surface area (Å²) in [5.74, 6) is -0.599. The molecule has 0 bridgehead atoms. The molecule has 0 unspecified atom stereocenters. The first-order valence-corrected chi connectivity index (χ1v) is 8.31. The van der Waals surface area contributed by atoms with E-state index in [9.17, 15) is 13.2 Å². The lowest BCUT2D eigenvalue weighted by Crippen LogP contribution is -2.41. The van der Waals surface area contributed by atoms with Gasteiger partial charge in [0.1, 0.15) is 12.1 Å². The van der Waals surface area contributed by atoms with Gasteiger partial charge in [-0.15, -0.1) is 0 Å². The average Bonchev–Trinajstić information content (AvgIpc) is 2.89. The molecule has 0 aliphatic carbocycles. The van der Waals surface area contributed by atoms with Crippen LogP contribution in [0.3, 0.4) is 0 Å². The fourth-order valence-electron chi connectivity index (χ4n) is 1.98. The second kappa shape index (κ2) is 6.45. The fourth-order valence-corrected chi connectivity index (χ4v) is 3.51. The zero-order valence-corrected chi connectivity index (χ0v) is 13.5. The van der Waals surface area contributed by atoms with Gasteiger partial charge >= 0.3 is 5.97 Å². The molecule has 0 fully saturated rings. The summed E-state index contributed by atoms with van der Waals surface area (Å²) >= 11 is 0. The minimum absolute atomic E-state index is 0.196. The molecular formula is C14H18N2O5S. The van der Waals surface area contributed by atoms with Crippen molar-refractivity contribution in [2.24, 2.45) is 0 Å². The molecule has 0 N–H and O–H groups in total. The molecule has 22 heavy (non-hydrogen) atoms. The summed E-state index contributed by atoms with van der Waals surface area (Å²) in [6.07, 6.45) is 3.03. The number of esters is 1. The van der Waals surface area contributed by atoms with Gasteiger partial charge in [-0.05, 0) is 26.8 Å². The maximum Gasteiger partial charge on any atom is 0.321 e. The molecular weight excluding hydrogens is 308 g/mol. The third-order valence-electron chi connectivity index (χ3n) is 3.02. The van der Waals surface area contributed by atoms with Gasteiger partial charge in [0.15, 0.2) is 0 Å². The number of ether oxygens (including phenoxy) is 1. The first-order chi connectivity index (χ1) is 10.4. The molecule has 2 aromatic rings. The van der Waals surface area contributed by atoms with Crippen molar-refractivity contribution in [1.29, 1.82) is 0 Å². The Labute approximate surface area is 128 Å². The first-order valence-electron chi connectivity index (χ1n) is 6.87. The van der Waals surface area contributed by atoms with E-state index in [0.29, 0.717) is 11.0 Å². The zero-order chi connectivity index (χ0) is 16.3. The Hall–Kier alpha value is -1.93. The van der Waals surface area contributed by atoms with Crippen molar-refractivity contribution in [2.75, 3.05) is 13.2 Å². The number of rotatable bonds is 6. The summed E-state index contributed by atoms with van der Waals surface area (Å²) in [5.41, 5.74) is 0.424. The predicted octanol–water partition coefficient (Wildman–Crippen LogP) is 1.79. The number of carbonyl (C=O) groups is 1. The van der Waals surface area contributed by atoms with Gasteiger partial charge < -0.3 is 9.15 Å². The van der Waals surface area contributed by atoms with E-state index in [1.54, 1.807) is 26.8 Å². The molecule has 0 amide bonds. The quantitative estimate of drug-likeness (QED) is 0.752. The highest BCUT2D eigenvalue weighted by molar-refractivity contribution is 7.89. The highest BCUT2D eigenvalue weighted by atomic mass is 32.2. The van der Waals surface area contributed by atoms with Crippen LogP contribution >= 0.6 is 0 Å². The standard InChI is InChI=1S/C14H18N2O5S/c1-4-20-13(17)9-16(10(2)3)22(18,19)14-7-11-8-15-6-5-12(11)21-14/h5-8,10H,4,9H2,1-3H3. The molecule has 2 rings (SSSR count). The summed E-state index contributed by atoms with van der Waals surface area (Å²) in [6, 6.07) is 2.57. The number of aromatic nitrogens is 1. The molecule has 7 nitrogen and oxygen atoms in total. The third-order valence-corrected chi connectivity index (χ3v) is 4.90. The molecule has 0 saturated carbocycles. The molecule has 2 heterocycles. The van der Waals surface area contributed by atoms with E-state index in [4.69, 9.17) is 9.15 Å². The molecule has 0 aromatic carbocycles. The van der Waals surface area contributed by atoms with Crippen LogP contribution in [-0.4, -0.2) is 42.9 Å². The number of nitrogens with zero attached hydrogens (tertiary/aromatic N) is 2. The molecule has 0 radical (unpaired) electrons. The summed E-state index contributed by atoms with van der Waals surface area (Å²) in [4.78, 5) is 15.6.